The number of carbonyl (C=O) groups excluding carboxylic acids is 2. The van der Waals surface area contributed by atoms with Crippen LogP contribution in [0.1, 0.15) is 40.7 Å². The predicted octanol–water partition coefficient (Wildman–Crippen LogP) is 4.66. The SMILES string of the molecule is CO/C(=C\N(C)C)C(=O)c1cc(Br)c2c(c1)C1(CCC1)C(=O)N2Cc1ccc(OC)cc1. The Bertz CT molecular complexity index is 1090. The van der Waals surface area contributed by atoms with Crippen LogP contribution >= 0.6 is 15.9 Å². The number of anilines is 1. The molecule has 1 aliphatic heterocycles. The lowest BCUT2D eigenvalue weighted by Crippen LogP contribution is -2.44. The molecule has 1 aliphatic carbocycles. The highest BCUT2D eigenvalue weighted by Gasteiger charge is 2.55. The topological polar surface area (TPSA) is 59.1 Å². The summed E-state index contributed by atoms with van der Waals surface area (Å²) >= 11 is 3.66. The van der Waals surface area contributed by atoms with Gasteiger partial charge in [0.1, 0.15) is 5.75 Å². The van der Waals surface area contributed by atoms with E-state index in [9.17, 15) is 9.59 Å². The lowest BCUT2D eigenvalue weighted by Gasteiger charge is -2.37. The van der Waals surface area contributed by atoms with E-state index in [4.69, 9.17) is 9.47 Å². The number of halogens is 1. The molecule has 1 heterocycles. The van der Waals surface area contributed by atoms with Gasteiger partial charge in [0.05, 0.1) is 31.9 Å². The molecule has 2 aromatic carbocycles. The number of methoxy groups -OCH3 is 2. The predicted molar refractivity (Wildman–Crippen MR) is 127 cm³/mol. The van der Waals surface area contributed by atoms with Gasteiger partial charge in [-0.3, -0.25) is 9.59 Å². The van der Waals surface area contributed by atoms with Gasteiger partial charge in [0.2, 0.25) is 11.7 Å². The molecule has 1 saturated carbocycles. The number of rotatable bonds is 7. The monoisotopic (exact) mass is 498 g/mol. The zero-order valence-corrected chi connectivity index (χ0v) is 20.4. The molecule has 0 N–H and O–H groups in total. The molecule has 7 heteroatoms. The van der Waals surface area contributed by atoms with Crippen LogP contribution in [0.4, 0.5) is 5.69 Å². The molecule has 0 unspecified atom stereocenters. The first-order valence-electron chi connectivity index (χ1n) is 10.6. The molecule has 1 amide bonds. The molecule has 2 aromatic rings. The van der Waals surface area contributed by atoms with Crippen LogP contribution in [0.3, 0.4) is 0 Å². The van der Waals surface area contributed by atoms with E-state index in [0.29, 0.717) is 12.1 Å². The third kappa shape index (κ3) is 3.68. The average molecular weight is 499 g/mol. The van der Waals surface area contributed by atoms with Gasteiger partial charge in [-0.15, -0.1) is 0 Å². The van der Waals surface area contributed by atoms with Gasteiger partial charge < -0.3 is 19.3 Å². The fourth-order valence-corrected chi connectivity index (χ4v) is 5.18. The standard InChI is InChI=1S/C25H27BrN2O4/c1-27(2)15-21(32-4)23(29)17-12-19-22(20(26)13-17)28(24(30)25(19)10-5-11-25)14-16-6-8-18(31-3)9-7-16/h6-9,12-13,15H,5,10-11,14H2,1-4H3/b21-15-. The number of hydrogen-bond acceptors (Lipinski definition) is 5. The number of allylic oxidation sites excluding steroid dienone is 1. The largest absolute Gasteiger partial charge is 0.497 e. The summed E-state index contributed by atoms with van der Waals surface area (Å²) in [6, 6.07) is 11.4. The Labute approximate surface area is 196 Å². The maximum Gasteiger partial charge on any atom is 0.238 e. The molecule has 0 atom stereocenters. The van der Waals surface area contributed by atoms with Crippen molar-refractivity contribution in [3.05, 3.63) is 69.5 Å². The van der Waals surface area contributed by atoms with E-state index in [0.717, 1.165) is 46.3 Å². The van der Waals surface area contributed by atoms with E-state index < -0.39 is 5.41 Å². The summed E-state index contributed by atoms with van der Waals surface area (Å²) in [5, 5.41) is 0. The van der Waals surface area contributed by atoms with E-state index in [1.54, 1.807) is 24.3 Å². The van der Waals surface area contributed by atoms with Crippen molar-refractivity contribution in [1.82, 2.24) is 4.90 Å². The van der Waals surface area contributed by atoms with Gasteiger partial charge >= 0.3 is 0 Å². The highest BCUT2D eigenvalue weighted by atomic mass is 79.9. The van der Waals surface area contributed by atoms with Gasteiger partial charge in [-0.1, -0.05) is 18.6 Å². The molecular weight excluding hydrogens is 472 g/mol. The summed E-state index contributed by atoms with van der Waals surface area (Å²) in [5.74, 6) is 0.932. The van der Waals surface area contributed by atoms with Gasteiger partial charge in [0.15, 0.2) is 5.76 Å². The highest BCUT2D eigenvalue weighted by molar-refractivity contribution is 9.10. The molecular formula is C25H27BrN2O4. The summed E-state index contributed by atoms with van der Waals surface area (Å²) in [4.78, 5) is 30.4. The van der Waals surface area contributed by atoms with E-state index in [-0.39, 0.29) is 17.4 Å². The molecule has 1 spiro atoms. The summed E-state index contributed by atoms with van der Waals surface area (Å²) in [6.45, 7) is 0.466. The number of hydrogen-bond donors (Lipinski definition) is 0. The fourth-order valence-electron chi connectivity index (χ4n) is 4.50. The van der Waals surface area contributed by atoms with Gasteiger partial charge in [0.25, 0.3) is 0 Å². The van der Waals surface area contributed by atoms with Crippen LogP contribution in [0.15, 0.2) is 52.8 Å². The molecule has 0 radical (unpaired) electrons. The first kappa shape index (κ1) is 22.4. The van der Waals surface area contributed by atoms with Crippen molar-refractivity contribution in [3.8, 4) is 5.75 Å². The molecule has 168 valence electrons. The van der Waals surface area contributed by atoms with Gasteiger partial charge in [-0.05, 0) is 64.2 Å². The van der Waals surface area contributed by atoms with Crippen LogP contribution in [0.2, 0.25) is 0 Å². The Kier molecular flexibility index (Phi) is 6.03. The number of ether oxygens (including phenoxy) is 2. The smallest absolute Gasteiger partial charge is 0.238 e. The Morgan fingerprint density at radius 1 is 1.19 bits per heavy atom. The second kappa shape index (κ2) is 8.62. The summed E-state index contributed by atoms with van der Waals surface area (Å²) < 4.78 is 11.3. The first-order valence-corrected chi connectivity index (χ1v) is 11.4. The molecule has 2 aliphatic rings. The second-order valence-corrected chi connectivity index (χ2v) is 9.37. The third-order valence-electron chi connectivity index (χ3n) is 6.29. The van der Waals surface area contributed by atoms with Crippen molar-refractivity contribution in [1.29, 1.82) is 0 Å². The summed E-state index contributed by atoms with van der Waals surface area (Å²) in [6.07, 6.45) is 4.25. The van der Waals surface area contributed by atoms with Crippen molar-refractivity contribution in [2.75, 3.05) is 33.2 Å². The minimum atomic E-state index is -0.543. The van der Waals surface area contributed by atoms with Crippen LogP contribution in [0.5, 0.6) is 5.75 Å². The molecule has 32 heavy (non-hydrogen) atoms. The van der Waals surface area contributed by atoms with Crippen molar-refractivity contribution in [2.24, 2.45) is 0 Å². The van der Waals surface area contributed by atoms with E-state index in [1.165, 1.54) is 7.11 Å². The zero-order chi connectivity index (χ0) is 23.0. The Balaban J connectivity index is 1.75. The Morgan fingerprint density at radius 3 is 2.41 bits per heavy atom. The van der Waals surface area contributed by atoms with Crippen LogP contribution in [-0.4, -0.2) is 44.9 Å². The van der Waals surface area contributed by atoms with E-state index >= 15 is 0 Å². The van der Waals surface area contributed by atoms with Crippen molar-refractivity contribution >= 4 is 33.3 Å². The van der Waals surface area contributed by atoms with Gasteiger partial charge in [-0.25, -0.2) is 0 Å². The second-order valence-electron chi connectivity index (χ2n) is 8.52. The Hall–Kier alpha value is -2.80. The van der Waals surface area contributed by atoms with Crippen molar-refractivity contribution < 1.29 is 19.1 Å². The van der Waals surface area contributed by atoms with Gasteiger partial charge in [0, 0.05) is 30.3 Å². The normalized spacial score (nSPS) is 16.6. The van der Waals surface area contributed by atoms with E-state index in [2.05, 4.69) is 15.9 Å². The van der Waals surface area contributed by atoms with Gasteiger partial charge in [-0.2, -0.15) is 0 Å². The molecule has 0 bridgehead atoms. The highest BCUT2D eigenvalue weighted by Crippen LogP contribution is 2.56. The van der Waals surface area contributed by atoms with Crippen LogP contribution in [0, 0.1) is 0 Å². The number of Topliss-reactive ketones (excluding diaryl/α,β-unsaturated/α-hetero) is 1. The van der Waals surface area contributed by atoms with Crippen LogP contribution in [0.25, 0.3) is 0 Å². The zero-order valence-electron chi connectivity index (χ0n) is 18.8. The summed E-state index contributed by atoms with van der Waals surface area (Å²) in [5.41, 5.74) is 2.78. The number of fused-ring (bicyclic) bond motifs is 2. The molecule has 6 nitrogen and oxygen atoms in total. The minimum absolute atomic E-state index is 0.107. The minimum Gasteiger partial charge on any atom is -0.497 e. The Morgan fingerprint density at radius 2 is 1.88 bits per heavy atom. The quantitative estimate of drug-likeness (QED) is 0.315. The fraction of sp³-hybridized carbons (Fsp3) is 0.360. The molecule has 4 rings (SSSR count). The van der Waals surface area contributed by atoms with Crippen LogP contribution < -0.4 is 9.64 Å². The van der Waals surface area contributed by atoms with Crippen molar-refractivity contribution in [2.45, 2.75) is 31.2 Å². The lowest BCUT2D eigenvalue weighted by molar-refractivity contribution is -0.126. The first-order chi connectivity index (χ1) is 15.3. The molecule has 1 fully saturated rings. The molecule has 0 saturated heterocycles. The number of nitrogens with zero attached hydrogens (tertiary/aromatic N) is 2. The maximum absolute atomic E-state index is 13.6. The van der Waals surface area contributed by atoms with Crippen molar-refractivity contribution in [3.63, 3.8) is 0 Å². The third-order valence-corrected chi connectivity index (χ3v) is 6.90. The molecule has 0 aromatic heterocycles. The lowest BCUT2D eigenvalue weighted by atomic mass is 9.65. The average Bonchev–Trinajstić information content (AvgIpc) is 3.00. The number of amides is 1. The van der Waals surface area contributed by atoms with Crippen LogP contribution in [-0.2, 0) is 21.5 Å². The number of ketones is 1. The number of carbonyl (C=O) groups is 2. The number of benzene rings is 2. The van der Waals surface area contributed by atoms with E-state index in [1.807, 2.05) is 49.3 Å². The summed E-state index contributed by atoms with van der Waals surface area (Å²) in [7, 11) is 6.80. The maximum atomic E-state index is 13.6.